The van der Waals surface area contributed by atoms with Crippen LogP contribution in [0.1, 0.15) is 22.4 Å². The summed E-state index contributed by atoms with van der Waals surface area (Å²) in [5.74, 6) is 0.0401. The molecular weight excluding hydrogens is 392 g/mol. The highest BCUT2D eigenvalue weighted by molar-refractivity contribution is 7.71. The van der Waals surface area contributed by atoms with Crippen molar-refractivity contribution >= 4 is 41.8 Å². The molecule has 3 aromatic rings. The zero-order valence-electron chi connectivity index (χ0n) is 15.3. The van der Waals surface area contributed by atoms with Gasteiger partial charge in [-0.05, 0) is 67.5 Å². The quantitative estimate of drug-likeness (QED) is 0.571. The SMILES string of the molecule is Cc1cc(C)cc(-n2c(O)c(/C=C3\C=NN=C3c3ccc(Cl)cc3)[nH]c2=S)c1. The summed E-state index contributed by atoms with van der Waals surface area (Å²) < 4.78 is 2.03. The predicted molar refractivity (Wildman–Crippen MR) is 117 cm³/mol. The number of hydrogen-bond acceptors (Lipinski definition) is 4. The van der Waals surface area contributed by atoms with E-state index in [0.717, 1.165) is 28.0 Å². The number of allylic oxidation sites excluding steroid dienone is 1. The average Bonchev–Trinajstić information content (AvgIpc) is 3.19. The molecular formula is C21H17ClN4OS. The van der Waals surface area contributed by atoms with Crippen LogP contribution in [0.2, 0.25) is 5.02 Å². The van der Waals surface area contributed by atoms with E-state index in [9.17, 15) is 5.11 Å². The highest BCUT2D eigenvalue weighted by Gasteiger charge is 2.17. The number of hydrogen-bond donors (Lipinski definition) is 2. The van der Waals surface area contributed by atoms with Gasteiger partial charge in [-0.2, -0.15) is 5.10 Å². The van der Waals surface area contributed by atoms with Crippen LogP contribution in [-0.4, -0.2) is 26.6 Å². The molecule has 2 N–H and O–H groups in total. The molecule has 1 aliphatic heterocycles. The Kier molecular flexibility index (Phi) is 4.75. The molecule has 140 valence electrons. The van der Waals surface area contributed by atoms with Gasteiger partial charge in [-0.3, -0.25) is 4.57 Å². The van der Waals surface area contributed by atoms with E-state index in [1.165, 1.54) is 0 Å². The Bertz CT molecular complexity index is 1200. The van der Waals surface area contributed by atoms with Crippen LogP contribution in [0.25, 0.3) is 11.8 Å². The van der Waals surface area contributed by atoms with E-state index >= 15 is 0 Å². The van der Waals surface area contributed by atoms with Gasteiger partial charge < -0.3 is 10.1 Å². The van der Waals surface area contributed by atoms with Crippen molar-refractivity contribution in [1.82, 2.24) is 9.55 Å². The van der Waals surface area contributed by atoms with Gasteiger partial charge in [-0.15, -0.1) is 5.10 Å². The Labute approximate surface area is 172 Å². The second-order valence-corrected chi connectivity index (χ2v) is 7.47. The minimum atomic E-state index is 0.0401. The fraction of sp³-hybridized carbons (Fsp3) is 0.0952. The first-order chi connectivity index (χ1) is 13.4. The van der Waals surface area contributed by atoms with Crippen LogP contribution in [-0.2, 0) is 0 Å². The molecule has 0 radical (unpaired) electrons. The summed E-state index contributed by atoms with van der Waals surface area (Å²) in [6.45, 7) is 4.02. The average molecular weight is 409 g/mol. The summed E-state index contributed by atoms with van der Waals surface area (Å²) in [6.07, 6.45) is 3.43. The second kappa shape index (κ2) is 7.22. The Morgan fingerprint density at radius 1 is 1.11 bits per heavy atom. The number of imidazole rings is 1. The van der Waals surface area contributed by atoms with Gasteiger partial charge in [-0.25, -0.2) is 0 Å². The van der Waals surface area contributed by atoms with Gasteiger partial charge in [0.1, 0.15) is 11.4 Å². The van der Waals surface area contributed by atoms with Crippen molar-refractivity contribution in [3.63, 3.8) is 0 Å². The van der Waals surface area contributed by atoms with Crippen molar-refractivity contribution in [2.24, 2.45) is 10.2 Å². The summed E-state index contributed by atoms with van der Waals surface area (Å²) >= 11 is 11.4. The number of aromatic amines is 1. The lowest BCUT2D eigenvalue weighted by molar-refractivity contribution is 0.440. The molecule has 1 aliphatic rings. The number of H-pyrrole nitrogens is 1. The van der Waals surface area contributed by atoms with Gasteiger partial charge in [-0.1, -0.05) is 29.8 Å². The molecule has 7 heteroatoms. The summed E-state index contributed by atoms with van der Waals surface area (Å²) in [4.78, 5) is 3.07. The first-order valence-electron chi connectivity index (χ1n) is 8.64. The normalized spacial score (nSPS) is 14.7. The Balaban J connectivity index is 1.76. The van der Waals surface area contributed by atoms with E-state index in [1.54, 1.807) is 29.0 Å². The van der Waals surface area contributed by atoms with Crippen molar-refractivity contribution in [3.05, 3.63) is 80.2 Å². The molecule has 0 fully saturated rings. The van der Waals surface area contributed by atoms with Crippen LogP contribution in [0.5, 0.6) is 5.88 Å². The van der Waals surface area contributed by atoms with E-state index in [1.807, 2.05) is 38.1 Å². The molecule has 28 heavy (non-hydrogen) atoms. The number of nitrogens with one attached hydrogen (secondary N) is 1. The molecule has 0 spiro atoms. The summed E-state index contributed by atoms with van der Waals surface area (Å²) in [7, 11) is 0. The minimum Gasteiger partial charge on any atom is -0.493 e. The molecule has 0 unspecified atom stereocenters. The molecule has 0 aliphatic carbocycles. The predicted octanol–water partition coefficient (Wildman–Crippen LogP) is 5.38. The molecule has 0 bridgehead atoms. The maximum absolute atomic E-state index is 10.8. The molecule has 0 atom stereocenters. The maximum atomic E-state index is 10.8. The molecule has 1 aromatic heterocycles. The lowest BCUT2D eigenvalue weighted by atomic mass is 10.0. The second-order valence-electron chi connectivity index (χ2n) is 6.65. The minimum absolute atomic E-state index is 0.0401. The van der Waals surface area contributed by atoms with Gasteiger partial charge in [0, 0.05) is 16.2 Å². The van der Waals surface area contributed by atoms with E-state index < -0.39 is 0 Å². The molecule has 2 aromatic carbocycles. The van der Waals surface area contributed by atoms with Gasteiger partial charge in [0.2, 0.25) is 5.88 Å². The van der Waals surface area contributed by atoms with Crippen molar-refractivity contribution in [2.45, 2.75) is 13.8 Å². The largest absolute Gasteiger partial charge is 0.493 e. The van der Waals surface area contributed by atoms with Crippen LogP contribution in [0.15, 0.2) is 58.2 Å². The monoisotopic (exact) mass is 408 g/mol. The highest BCUT2D eigenvalue weighted by Crippen LogP contribution is 2.27. The summed E-state index contributed by atoms with van der Waals surface area (Å²) in [5, 5.41) is 19.7. The fourth-order valence-electron chi connectivity index (χ4n) is 3.22. The number of aromatic hydroxyl groups is 1. The van der Waals surface area contributed by atoms with Crippen LogP contribution in [0.4, 0.5) is 0 Å². The van der Waals surface area contributed by atoms with E-state index in [4.69, 9.17) is 23.8 Å². The van der Waals surface area contributed by atoms with E-state index in [2.05, 4.69) is 21.3 Å². The Morgan fingerprint density at radius 3 is 2.46 bits per heavy atom. The fourth-order valence-corrected chi connectivity index (χ4v) is 3.65. The van der Waals surface area contributed by atoms with Crippen molar-refractivity contribution in [3.8, 4) is 11.6 Å². The number of rotatable bonds is 3. The van der Waals surface area contributed by atoms with Crippen LogP contribution >= 0.6 is 23.8 Å². The topological polar surface area (TPSA) is 65.7 Å². The molecule has 0 saturated heterocycles. The maximum Gasteiger partial charge on any atom is 0.222 e. The summed E-state index contributed by atoms with van der Waals surface area (Å²) in [6, 6.07) is 13.4. The van der Waals surface area contributed by atoms with Crippen molar-refractivity contribution in [2.75, 3.05) is 0 Å². The van der Waals surface area contributed by atoms with Crippen molar-refractivity contribution < 1.29 is 5.11 Å². The highest BCUT2D eigenvalue weighted by atomic mass is 35.5. The Morgan fingerprint density at radius 2 is 1.79 bits per heavy atom. The third-order valence-corrected chi connectivity index (χ3v) is 4.94. The molecule has 5 nitrogen and oxygen atoms in total. The van der Waals surface area contributed by atoms with E-state index in [0.29, 0.717) is 21.2 Å². The zero-order chi connectivity index (χ0) is 19.8. The van der Waals surface area contributed by atoms with Crippen molar-refractivity contribution in [1.29, 1.82) is 0 Å². The van der Waals surface area contributed by atoms with Gasteiger partial charge >= 0.3 is 0 Å². The van der Waals surface area contributed by atoms with E-state index in [-0.39, 0.29) is 5.88 Å². The molecule has 2 heterocycles. The van der Waals surface area contributed by atoms with Gasteiger partial charge in [0.05, 0.1) is 11.9 Å². The zero-order valence-corrected chi connectivity index (χ0v) is 16.8. The number of halogens is 1. The lowest BCUT2D eigenvalue weighted by Crippen LogP contribution is -2.02. The van der Waals surface area contributed by atoms with Crippen LogP contribution in [0.3, 0.4) is 0 Å². The van der Waals surface area contributed by atoms with Gasteiger partial charge in [0.15, 0.2) is 4.77 Å². The number of benzene rings is 2. The van der Waals surface area contributed by atoms with Crippen LogP contribution in [0, 0.1) is 18.6 Å². The first-order valence-corrected chi connectivity index (χ1v) is 9.42. The number of nitrogens with zero attached hydrogens (tertiary/aromatic N) is 3. The van der Waals surface area contributed by atoms with Gasteiger partial charge in [0.25, 0.3) is 0 Å². The number of aromatic nitrogens is 2. The van der Waals surface area contributed by atoms with Crippen LogP contribution < -0.4 is 0 Å². The molecule has 4 rings (SSSR count). The summed E-state index contributed by atoms with van der Waals surface area (Å²) in [5.41, 5.74) is 5.85. The third kappa shape index (κ3) is 3.44. The Hall–Kier alpha value is -2.96. The standard InChI is InChI=1S/C21H17ClN4OS/c1-12-7-13(2)9-17(8-12)26-20(27)18(24-21(26)28)10-15-11-23-25-19(15)14-3-5-16(22)6-4-14/h3-11,27H,1-2H3,(H,24,28)/b15-10+. The first kappa shape index (κ1) is 18.4. The molecule has 0 amide bonds. The number of aryl methyl sites for hydroxylation is 2. The third-order valence-electron chi connectivity index (χ3n) is 4.41. The molecule has 0 saturated carbocycles. The lowest BCUT2D eigenvalue weighted by Gasteiger charge is -2.07. The smallest absolute Gasteiger partial charge is 0.222 e.